The summed E-state index contributed by atoms with van der Waals surface area (Å²) in [5.74, 6) is -0.126. The van der Waals surface area contributed by atoms with Crippen LogP contribution in [0, 0.1) is 13.8 Å². The highest BCUT2D eigenvalue weighted by Gasteiger charge is 2.56. The average molecular weight is 498 g/mol. The molecular weight excluding hydrogens is 470 g/mol. The lowest BCUT2D eigenvalue weighted by Gasteiger charge is -2.44. The molecule has 3 atom stereocenters. The van der Waals surface area contributed by atoms with E-state index in [0.717, 1.165) is 29.5 Å². The zero-order valence-electron chi connectivity index (χ0n) is 18.6. The van der Waals surface area contributed by atoms with Gasteiger partial charge >= 0.3 is 6.03 Å². The third kappa shape index (κ3) is 3.50. The molecule has 168 valence electrons. The maximum atomic E-state index is 13.6. The van der Waals surface area contributed by atoms with Gasteiger partial charge in [0.15, 0.2) is 0 Å². The molecule has 2 aromatic carbocycles. The topological polar surface area (TPSA) is 59.1 Å². The van der Waals surface area contributed by atoms with Gasteiger partial charge in [-0.3, -0.25) is 19.9 Å². The lowest BCUT2D eigenvalue weighted by Crippen LogP contribution is -2.66. The van der Waals surface area contributed by atoms with Gasteiger partial charge < -0.3 is 9.80 Å². The Kier molecular flexibility index (Phi) is 5.47. The normalized spacial score (nSPS) is 25.9. The van der Waals surface area contributed by atoms with Gasteiger partial charge in [-0.2, -0.15) is 0 Å². The number of nitrogens with one attached hydrogen (secondary N) is 1. The van der Waals surface area contributed by atoms with Crippen molar-refractivity contribution in [1.82, 2.24) is 20.0 Å². The van der Waals surface area contributed by atoms with Gasteiger partial charge in [-0.1, -0.05) is 45.8 Å². The first kappa shape index (κ1) is 21.4. The van der Waals surface area contributed by atoms with Gasteiger partial charge in [0, 0.05) is 30.3 Å². The molecule has 1 N–H and O–H groups in total. The molecule has 3 amide bonds. The zero-order valence-corrected chi connectivity index (χ0v) is 20.2. The minimum Gasteiger partial charge on any atom is -0.343 e. The first-order chi connectivity index (χ1) is 15.3. The number of hydrogen-bond donors (Lipinski definition) is 1. The van der Waals surface area contributed by atoms with Crippen LogP contribution in [0.25, 0.3) is 0 Å². The van der Waals surface area contributed by atoms with Gasteiger partial charge in [0.2, 0.25) is 0 Å². The molecule has 7 nitrogen and oxygen atoms in total. The van der Waals surface area contributed by atoms with Crippen LogP contribution in [0.2, 0.25) is 0 Å². The summed E-state index contributed by atoms with van der Waals surface area (Å²) in [5, 5.41) is 3.59. The molecule has 3 aliphatic rings. The molecule has 3 fully saturated rings. The highest BCUT2D eigenvalue weighted by Crippen LogP contribution is 2.34. The summed E-state index contributed by atoms with van der Waals surface area (Å²) in [6.07, 6.45) is 0.506. The van der Waals surface area contributed by atoms with Crippen molar-refractivity contribution in [3.63, 3.8) is 0 Å². The van der Waals surface area contributed by atoms with Gasteiger partial charge in [-0.15, -0.1) is 0 Å². The van der Waals surface area contributed by atoms with Crippen molar-refractivity contribution in [3.8, 4) is 0 Å². The predicted octanol–water partition coefficient (Wildman–Crippen LogP) is 3.25. The minimum atomic E-state index is -0.397. The number of carbonyl (C=O) groups is 2. The van der Waals surface area contributed by atoms with E-state index < -0.39 is 6.04 Å². The molecule has 0 saturated carbocycles. The van der Waals surface area contributed by atoms with Crippen molar-refractivity contribution in [2.45, 2.75) is 45.3 Å². The Hall–Kier alpha value is -2.42. The minimum absolute atomic E-state index is 0.119. The SMILES string of the molecule is Cc1ccc(N2CCCN3C4C(=O)N(Cc5ccc(Br)cc5)C(=O)N(C)C4NC23)c(C)c1. The third-order valence-electron chi connectivity index (χ3n) is 6.79. The van der Waals surface area contributed by atoms with E-state index in [0.29, 0.717) is 0 Å². The summed E-state index contributed by atoms with van der Waals surface area (Å²) in [7, 11) is 1.79. The fourth-order valence-electron chi connectivity index (χ4n) is 5.21. The number of benzene rings is 2. The molecule has 0 radical (unpaired) electrons. The fraction of sp³-hybridized carbons (Fsp3) is 0.417. The van der Waals surface area contributed by atoms with Crippen molar-refractivity contribution in [3.05, 3.63) is 63.6 Å². The van der Waals surface area contributed by atoms with Crippen LogP contribution in [0.5, 0.6) is 0 Å². The van der Waals surface area contributed by atoms with E-state index in [2.05, 4.69) is 63.1 Å². The summed E-state index contributed by atoms with van der Waals surface area (Å²) < 4.78 is 0.970. The number of fused-ring (bicyclic) bond motifs is 3. The van der Waals surface area contributed by atoms with E-state index in [9.17, 15) is 9.59 Å². The Morgan fingerprint density at radius 3 is 2.53 bits per heavy atom. The number of carbonyl (C=O) groups excluding carboxylic acids is 2. The number of anilines is 1. The number of likely N-dealkylation sites (N-methyl/N-ethyl adjacent to an activating group) is 1. The number of halogens is 1. The number of nitrogens with zero attached hydrogens (tertiary/aromatic N) is 4. The van der Waals surface area contributed by atoms with Crippen molar-refractivity contribution < 1.29 is 9.59 Å². The maximum Gasteiger partial charge on any atom is 0.328 e. The second-order valence-electron chi connectivity index (χ2n) is 8.95. The molecule has 5 rings (SSSR count). The summed E-state index contributed by atoms with van der Waals surface area (Å²) in [6, 6.07) is 13.6. The molecule has 3 saturated heterocycles. The molecular formula is C24H28BrN5O2. The summed E-state index contributed by atoms with van der Waals surface area (Å²) in [4.78, 5) is 34.4. The van der Waals surface area contributed by atoms with E-state index in [1.165, 1.54) is 21.7 Å². The lowest BCUT2D eigenvalue weighted by atomic mass is 10.1. The van der Waals surface area contributed by atoms with E-state index in [1.807, 2.05) is 24.3 Å². The van der Waals surface area contributed by atoms with Crippen LogP contribution in [0.3, 0.4) is 0 Å². The molecule has 0 aromatic heterocycles. The first-order valence-electron chi connectivity index (χ1n) is 11.0. The van der Waals surface area contributed by atoms with E-state index in [4.69, 9.17) is 0 Å². The van der Waals surface area contributed by atoms with Gasteiger partial charge in [-0.25, -0.2) is 4.79 Å². The largest absolute Gasteiger partial charge is 0.343 e. The molecule has 32 heavy (non-hydrogen) atoms. The van der Waals surface area contributed by atoms with Gasteiger partial charge in [-0.05, 0) is 49.6 Å². The van der Waals surface area contributed by atoms with Crippen molar-refractivity contribution >= 4 is 33.6 Å². The Bertz CT molecular complexity index is 1060. The quantitative estimate of drug-likeness (QED) is 0.705. The van der Waals surface area contributed by atoms with E-state index >= 15 is 0 Å². The van der Waals surface area contributed by atoms with E-state index in [-0.39, 0.29) is 30.9 Å². The second-order valence-corrected chi connectivity index (χ2v) is 9.86. The average Bonchev–Trinajstić information content (AvgIpc) is 3.17. The highest BCUT2D eigenvalue weighted by molar-refractivity contribution is 9.10. The van der Waals surface area contributed by atoms with Gasteiger partial charge in [0.25, 0.3) is 5.91 Å². The van der Waals surface area contributed by atoms with E-state index in [1.54, 1.807) is 11.9 Å². The molecule has 8 heteroatoms. The molecule has 0 bridgehead atoms. The summed E-state index contributed by atoms with van der Waals surface area (Å²) in [6.45, 7) is 6.23. The number of urea groups is 1. The van der Waals surface area contributed by atoms with Gasteiger partial charge in [0.05, 0.1) is 6.54 Å². The van der Waals surface area contributed by atoms with Crippen LogP contribution in [0.15, 0.2) is 46.9 Å². The zero-order chi connectivity index (χ0) is 22.6. The molecule has 3 unspecified atom stereocenters. The summed E-state index contributed by atoms with van der Waals surface area (Å²) >= 11 is 3.44. The Morgan fingerprint density at radius 2 is 1.81 bits per heavy atom. The number of aryl methyl sites for hydroxylation is 2. The second kappa shape index (κ2) is 8.17. The van der Waals surface area contributed by atoms with Crippen molar-refractivity contribution in [2.75, 3.05) is 25.0 Å². The summed E-state index contributed by atoms with van der Waals surface area (Å²) in [5.41, 5.74) is 4.55. The van der Waals surface area contributed by atoms with Crippen LogP contribution < -0.4 is 10.2 Å². The number of amides is 3. The number of imide groups is 1. The number of rotatable bonds is 3. The highest BCUT2D eigenvalue weighted by atomic mass is 79.9. The van der Waals surface area contributed by atoms with Crippen LogP contribution in [0.1, 0.15) is 23.1 Å². The number of hydrogen-bond acceptors (Lipinski definition) is 5. The standard InChI is InChI=1S/C24H28BrN5O2/c1-15-5-10-19(16(2)13-15)28-11-4-12-29-20-21(26-23(28)29)27(3)24(32)30(22(20)31)14-17-6-8-18(25)9-7-17/h5-10,13,20-21,23,26H,4,11-12,14H2,1-3H3. The molecule has 2 aromatic rings. The van der Waals surface area contributed by atoms with Crippen molar-refractivity contribution in [1.29, 1.82) is 0 Å². The molecule has 3 heterocycles. The van der Waals surface area contributed by atoms with Gasteiger partial charge in [0.1, 0.15) is 18.5 Å². The molecule has 0 spiro atoms. The lowest BCUT2D eigenvalue weighted by molar-refractivity contribution is -0.139. The van der Waals surface area contributed by atoms with Crippen molar-refractivity contribution in [2.24, 2.45) is 0 Å². The van der Waals surface area contributed by atoms with Crippen LogP contribution >= 0.6 is 15.9 Å². The third-order valence-corrected chi connectivity index (χ3v) is 7.31. The first-order valence-corrected chi connectivity index (χ1v) is 11.8. The Labute approximate surface area is 197 Å². The maximum absolute atomic E-state index is 13.6. The Morgan fingerprint density at radius 1 is 1.06 bits per heavy atom. The molecule has 3 aliphatic heterocycles. The van der Waals surface area contributed by atoms with Crippen LogP contribution in [0.4, 0.5) is 10.5 Å². The monoisotopic (exact) mass is 497 g/mol. The smallest absolute Gasteiger partial charge is 0.328 e. The van der Waals surface area contributed by atoms with Crippen LogP contribution in [-0.4, -0.2) is 65.3 Å². The fourth-order valence-corrected chi connectivity index (χ4v) is 5.48. The predicted molar refractivity (Wildman–Crippen MR) is 127 cm³/mol. The van der Waals surface area contributed by atoms with Crippen LogP contribution in [-0.2, 0) is 11.3 Å². The Balaban J connectivity index is 1.44. The molecule has 0 aliphatic carbocycles.